The Kier molecular flexibility index (Phi) is 2.94. The maximum atomic E-state index is 14.1. The smallest absolute Gasteiger partial charge is 0.338 e. The van der Waals surface area contributed by atoms with Crippen molar-refractivity contribution < 1.29 is 18.7 Å². The SMILES string of the molecule is Cc1cccc(-c2nc3c(C(=O)O)cc(F)cc3[nH]2)c1F. The first-order valence-electron chi connectivity index (χ1n) is 6.15. The quantitative estimate of drug-likeness (QED) is 0.758. The summed E-state index contributed by atoms with van der Waals surface area (Å²) in [6.45, 7) is 1.61. The molecule has 1 aromatic heterocycles. The molecule has 0 aliphatic rings. The van der Waals surface area contributed by atoms with Crippen molar-refractivity contribution in [3.8, 4) is 11.4 Å². The molecule has 0 aliphatic carbocycles. The summed E-state index contributed by atoms with van der Waals surface area (Å²) in [5.74, 6) is -2.27. The fourth-order valence-electron chi connectivity index (χ4n) is 2.20. The Hall–Kier alpha value is -2.76. The van der Waals surface area contributed by atoms with Gasteiger partial charge in [-0.1, -0.05) is 12.1 Å². The number of nitrogens with zero attached hydrogens (tertiary/aromatic N) is 1. The van der Waals surface area contributed by atoms with Gasteiger partial charge in [-0.3, -0.25) is 0 Å². The summed E-state index contributed by atoms with van der Waals surface area (Å²) in [4.78, 5) is 18.0. The highest BCUT2D eigenvalue weighted by molar-refractivity contribution is 6.01. The highest BCUT2D eigenvalue weighted by atomic mass is 19.1. The van der Waals surface area contributed by atoms with Crippen LogP contribution in [0.5, 0.6) is 0 Å². The van der Waals surface area contributed by atoms with Crippen LogP contribution in [0.2, 0.25) is 0 Å². The molecule has 0 bridgehead atoms. The standard InChI is InChI=1S/C15H10F2N2O2/c1-7-3-2-4-9(12(7)17)14-18-11-6-8(16)5-10(15(20)21)13(11)19-14/h2-6H,1H3,(H,18,19)(H,20,21). The van der Waals surface area contributed by atoms with Crippen molar-refractivity contribution in [2.24, 2.45) is 0 Å². The number of carbonyl (C=O) groups is 1. The molecular weight excluding hydrogens is 278 g/mol. The normalized spacial score (nSPS) is 11.0. The third kappa shape index (κ3) is 2.14. The van der Waals surface area contributed by atoms with E-state index in [1.54, 1.807) is 19.1 Å². The zero-order valence-electron chi connectivity index (χ0n) is 10.9. The number of fused-ring (bicyclic) bond motifs is 1. The Labute approximate surface area is 118 Å². The third-order valence-electron chi connectivity index (χ3n) is 3.23. The lowest BCUT2D eigenvalue weighted by Gasteiger charge is -2.01. The molecule has 4 nitrogen and oxygen atoms in total. The number of nitrogens with one attached hydrogen (secondary N) is 1. The number of hydrogen-bond acceptors (Lipinski definition) is 2. The molecule has 6 heteroatoms. The van der Waals surface area contributed by atoms with Crippen LogP contribution in [-0.4, -0.2) is 21.0 Å². The second-order valence-electron chi connectivity index (χ2n) is 4.68. The molecule has 0 atom stereocenters. The minimum Gasteiger partial charge on any atom is -0.478 e. The molecule has 0 saturated heterocycles. The summed E-state index contributed by atoms with van der Waals surface area (Å²) in [5, 5.41) is 9.09. The second kappa shape index (κ2) is 4.66. The largest absolute Gasteiger partial charge is 0.478 e. The van der Waals surface area contributed by atoms with Gasteiger partial charge < -0.3 is 10.1 Å². The maximum absolute atomic E-state index is 14.1. The third-order valence-corrected chi connectivity index (χ3v) is 3.23. The summed E-state index contributed by atoms with van der Waals surface area (Å²) in [5.41, 5.74) is 0.698. The zero-order chi connectivity index (χ0) is 15.1. The number of aromatic carboxylic acids is 1. The summed E-state index contributed by atoms with van der Waals surface area (Å²) in [7, 11) is 0. The first kappa shape index (κ1) is 13.2. The molecule has 2 aromatic carbocycles. The summed E-state index contributed by atoms with van der Waals surface area (Å²) in [6, 6.07) is 6.83. The molecule has 0 saturated carbocycles. The topological polar surface area (TPSA) is 66.0 Å². The predicted octanol–water partition coefficient (Wildman–Crippen LogP) is 3.51. The first-order chi connectivity index (χ1) is 9.97. The van der Waals surface area contributed by atoms with E-state index in [1.165, 1.54) is 6.07 Å². The van der Waals surface area contributed by atoms with Gasteiger partial charge in [-0.05, 0) is 30.7 Å². The Morgan fingerprint density at radius 1 is 1.29 bits per heavy atom. The molecule has 0 radical (unpaired) electrons. The summed E-state index contributed by atoms with van der Waals surface area (Å²) >= 11 is 0. The summed E-state index contributed by atoms with van der Waals surface area (Å²) < 4.78 is 27.5. The van der Waals surface area contributed by atoms with Crippen molar-refractivity contribution in [3.05, 3.63) is 53.1 Å². The lowest BCUT2D eigenvalue weighted by atomic mass is 10.1. The van der Waals surface area contributed by atoms with Gasteiger partial charge in [0.05, 0.1) is 16.6 Å². The van der Waals surface area contributed by atoms with E-state index in [9.17, 15) is 13.6 Å². The number of benzene rings is 2. The Morgan fingerprint density at radius 2 is 2.05 bits per heavy atom. The molecule has 0 amide bonds. The van der Waals surface area contributed by atoms with Gasteiger partial charge in [0.25, 0.3) is 0 Å². The van der Waals surface area contributed by atoms with Crippen LogP contribution >= 0.6 is 0 Å². The molecule has 0 unspecified atom stereocenters. The first-order valence-corrected chi connectivity index (χ1v) is 6.15. The molecule has 0 aliphatic heterocycles. The van der Waals surface area contributed by atoms with E-state index < -0.39 is 17.6 Å². The van der Waals surface area contributed by atoms with E-state index in [4.69, 9.17) is 5.11 Å². The number of H-pyrrole nitrogens is 1. The number of halogens is 2. The Balaban J connectivity index is 2.29. The van der Waals surface area contributed by atoms with Gasteiger partial charge in [0.2, 0.25) is 0 Å². The summed E-state index contributed by atoms with van der Waals surface area (Å²) in [6.07, 6.45) is 0. The predicted molar refractivity (Wildman–Crippen MR) is 73.1 cm³/mol. The van der Waals surface area contributed by atoms with Gasteiger partial charge in [-0.15, -0.1) is 0 Å². The number of carboxylic acid groups (broad SMARTS) is 1. The van der Waals surface area contributed by atoms with Crippen LogP contribution in [-0.2, 0) is 0 Å². The van der Waals surface area contributed by atoms with Crippen LogP contribution < -0.4 is 0 Å². The van der Waals surface area contributed by atoms with Crippen molar-refractivity contribution in [2.45, 2.75) is 6.92 Å². The van der Waals surface area contributed by atoms with Crippen LogP contribution in [0.4, 0.5) is 8.78 Å². The lowest BCUT2D eigenvalue weighted by Crippen LogP contribution is -1.98. The fraction of sp³-hybridized carbons (Fsp3) is 0.0667. The van der Waals surface area contributed by atoms with Gasteiger partial charge in [0, 0.05) is 0 Å². The van der Waals surface area contributed by atoms with Gasteiger partial charge in [-0.2, -0.15) is 0 Å². The van der Waals surface area contributed by atoms with Crippen molar-refractivity contribution in [1.82, 2.24) is 9.97 Å². The molecule has 3 rings (SSSR count). The Morgan fingerprint density at radius 3 is 2.76 bits per heavy atom. The molecule has 0 spiro atoms. The van der Waals surface area contributed by atoms with Gasteiger partial charge in [0.1, 0.15) is 23.0 Å². The van der Waals surface area contributed by atoms with Crippen LogP contribution in [0.15, 0.2) is 30.3 Å². The van der Waals surface area contributed by atoms with Crippen molar-refractivity contribution >= 4 is 17.0 Å². The number of carboxylic acids is 1. The average molecular weight is 288 g/mol. The Bertz CT molecular complexity index is 871. The van der Waals surface area contributed by atoms with E-state index in [-0.39, 0.29) is 28.0 Å². The number of hydrogen-bond donors (Lipinski definition) is 2. The highest BCUT2D eigenvalue weighted by Gasteiger charge is 2.17. The molecule has 106 valence electrons. The van der Waals surface area contributed by atoms with E-state index in [2.05, 4.69) is 9.97 Å². The molecule has 1 heterocycles. The number of imidazole rings is 1. The van der Waals surface area contributed by atoms with Crippen LogP contribution in [0, 0.1) is 18.6 Å². The number of aromatic amines is 1. The fourth-order valence-corrected chi connectivity index (χ4v) is 2.20. The van der Waals surface area contributed by atoms with Crippen molar-refractivity contribution in [1.29, 1.82) is 0 Å². The minimum atomic E-state index is -1.29. The molecule has 2 N–H and O–H groups in total. The minimum absolute atomic E-state index is 0.0970. The number of rotatable bonds is 2. The van der Waals surface area contributed by atoms with E-state index in [0.717, 1.165) is 12.1 Å². The van der Waals surface area contributed by atoms with Crippen molar-refractivity contribution in [3.63, 3.8) is 0 Å². The molecule has 21 heavy (non-hydrogen) atoms. The zero-order valence-corrected chi connectivity index (χ0v) is 10.9. The second-order valence-corrected chi connectivity index (χ2v) is 4.68. The molecule has 3 aromatic rings. The van der Waals surface area contributed by atoms with Crippen LogP contribution in [0.3, 0.4) is 0 Å². The lowest BCUT2D eigenvalue weighted by molar-refractivity contribution is 0.0698. The molecular formula is C15H10F2N2O2. The average Bonchev–Trinajstić information content (AvgIpc) is 2.84. The van der Waals surface area contributed by atoms with E-state index in [1.807, 2.05) is 0 Å². The monoisotopic (exact) mass is 288 g/mol. The van der Waals surface area contributed by atoms with Gasteiger partial charge >= 0.3 is 5.97 Å². The number of aryl methyl sites for hydroxylation is 1. The maximum Gasteiger partial charge on any atom is 0.338 e. The van der Waals surface area contributed by atoms with Crippen molar-refractivity contribution in [2.75, 3.05) is 0 Å². The van der Waals surface area contributed by atoms with Gasteiger partial charge in [-0.25, -0.2) is 18.6 Å². The molecule has 0 fully saturated rings. The van der Waals surface area contributed by atoms with E-state index in [0.29, 0.717) is 5.56 Å². The highest BCUT2D eigenvalue weighted by Crippen LogP contribution is 2.27. The van der Waals surface area contributed by atoms with Crippen LogP contribution in [0.1, 0.15) is 15.9 Å². The van der Waals surface area contributed by atoms with E-state index >= 15 is 0 Å². The van der Waals surface area contributed by atoms with Crippen LogP contribution in [0.25, 0.3) is 22.4 Å². The number of aromatic nitrogens is 2. The van der Waals surface area contributed by atoms with Gasteiger partial charge in [0.15, 0.2) is 0 Å².